The Bertz CT molecular complexity index is 211. The normalized spacial score (nSPS) is 22.2. The smallest absolute Gasteiger partial charge is 0.0888 e. The molecule has 0 spiro atoms. The van der Waals surface area contributed by atoms with Gasteiger partial charge < -0.3 is 5.32 Å². The van der Waals surface area contributed by atoms with Crippen LogP contribution < -0.4 is 5.32 Å². The van der Waals surface area contributed by atoms with E-state index >= 15 is 0 Å². The average molecular weight is 120 g/mol. The summed E-state index contributed by atoms with van der Waals surface area (Å²) in [5, 5.41) is 3.07. The molecule has 1 N–H and O–H groups in total. The minimum atomic E-state index is 0.978. The van der Waals surface area contributed by atoms with E-state index in [1.165, 1.54) is 5.57 Å². The molecule has 0 unspecified atom stereocenters. The Kier molecular flexibility index (Phi) is 0.918. The summed E-state index contributed by atoms with van der Waals surface area (Å²) in [5.74, 6) is 0. The summed E-state index contributed by atoms with van der Waals surface area (Å²) >= 11 is 0. The average Bonchev–Trinajstić information content (AvgIpc) is 2.33. The van der Waals surface area contributed by atoms with E-state index in [9.17, 15) is 0 Å². The Morgan fingerprint density at radius 2 is 2.56 bits per heavy atom. The van der Waals surface area contributed by atoms with Gasteiger partial charge in [0.15, 0.2) is 0 Å². The fourth-order valence-corrected chi connectivity index (χ4v) is 1.12. The summed E-state index contributed by atoms with van der Waals surface area (Å²) in [6.45, 7) is 0.978. The Morgan fingerprint density at radius 3 is 3.44 bits per heavy atom. The topological polar surface area (TPSA) is 24.4 Å². The fourth-order valence-electron chi connectivity index (χ4n) is 1.12. The van der Waals surface area contributed by atoms with Crippen LogP contribution in [0.4, 0.5) is 0 Å². The second kappa shape index (κ2) is 1.72. The van der Waals surface area contributed by atoms with Crippen molar-refractivity contribution in [2.24, 2.45) is 4.99 Å². The summed E-state index contributed by atoms with van der Waals surface area (Å²) in [7, 11) is 0. The van der Waals surface area contributed by atoms with Gasteiger partial charge in [-0.1, -0.05) is 6.08 Å². The molecule has 0 aromatic carbocycles. The quantitative estimate of drug-likeness (QED) is 0.503. The third-order valence-corrected chi connectivity index (χ3v) is 1.61. The fraction of sp³-hybridized carbons (Fsp3) is 0.286. The molecule has 0 fully saturated rings. The molecular weight excluding hydrogens is 112 g/mol. The van der Waals surface area contributed by atoms with Gasteiger partial charge in [-0.2, -0.15) is 0 Å². The van der Waals surface area contributed by atoms with E-state index in [2.05, 4.69) is 22.5 Å². The lowest BCUT2D eigenvalue weighted by atomic mass is 10.2. The van der Waals surface area contributed by atoms with Gasteiger partial charge in [0.1, 0.15) is 0 Å². The molecule has 0 atom stereocenters. The van der Waals surface area contributed by atoms with E-state index in [4.69, 9.17) is 0 Å². The van der Waals surface area contributed by atoms with Gasteiger partial charge in [0.25, 0.3) is 0 Å². The van der Waals surface area contributed by atoms with Gasteiger partial charge in [-0.3, -0.25) is 0 Å². The largest absolute Gasteiger partial charge is 0.372 e. The van der Waals surface area contributed by atoms with Crippen LogP contribution in [-0.4, -0.2) is 12.9 Å². The van der Waals surface area contributed by atoms with Crippen molar-refractivity contribution in [2.45, 2.75) is 6.42 Å². The van der Waals surface area contributed by atoms with Crippen LogP contribution in [0.5, 0.6) is 0 Å². The van der Waals surface area contributed by atoms with E-state index < -0.39 is 0 Å². The summed E-state index contributed by atoms with van der Waals surface area (Å²) < 4.78 is 0. The number of nitrogens with one attached hydrogen (secondary N) is 1. The predicted molar refractivity (Wildman–Crippen MR) is 37.3 cm³/mol. The molecular formula is C7H8N2. The molecule has 0 saturated heterocycles. The van der Waals surface area contributed by atoms with E-state index in [0.717, 1.165) is 18.7 Å². The molecule has 0 radical (unpaired) electrons. The van der Waals surface area contributed by atoms with Crippen molar-refractivity contribution in [2.75, 3.05) is 6.54 Å². The SMILES string of the molecule is C1=CC2=C(C1)CNC=N2. The van der Waals surface area contributed by atoms with E-state index in [-0.39, 0.29) is 0 Å². The second-order valence-electron chi connectivity index (χ2n) is 2.23. The van der Waals surface area contributed by atoms with Gasteiger partial charge in [-0.25, -0.2) is 4.99 Å². The molecule has 1 aliphatic heterocycles. The number of aliphatic imine (C=N–C) groups is 1. The zero-order chi connectivity index (χ0) is 6.10. The first kappa shape index (κ1) is 4.79. The predicted octanol–water partition coefficient (Wildman–Crippen LogP) is 0.832. The van der Waals surface area contributed by atoms with Crippen molar-refractivity contribution >= 4 is 6.34 Å². The third kappa shape index (κ3) is 0.669. The number of hydrogen-bond donors (Lipinski definition) is 1. The minimum Gasteiger partial charge on any atom is -0.372 e. The van der Waals surface area contributed by atoms with Crippen LogP contribution in [0.2, 0.25) is 0 Å². The summed E-state index contributed by atoms with van der Waals surface area (Å²) in [5.41, 5.74) is 2.58. The van der Waals surface area contributed by atoms with Crippen LogP contribution in [0.1, 0.15) is 6.42 Å². The lowest BCUT2D eigenvalue weighted by molar-refractivity contribution is 0.937. The van der Waals surface area contributed by atoms with Gasteiger partial charge in [-0.15, -0.1) is 0 Å². The third-order valence-electron chi connectivity index (χ3n) is 1.61. The van der Waals surface area contributed by atoms with Crippen molar-refractivity contribution in [3.05, 3.63) is 23.4 Å². The van der Waals surface area contributed by atoms with E-state index in [1.807, 2.05) is 0 Å². The van der Waals surface area contributed by atoms with Gasteiger partial charge in [0.05, 0.1) is 12.0 Å². The van der Waals surface area contributed by atoms with Crippen molar-refractivity contribution in [1.29, 1.82) is 0 Å². The van der Waals surface area contributed by atoms with Gasteiger partial charge >= 0.3 is 0 Å². The van der Waals surface area contributed by atoms with Crippen LogP contribution >= 0.6 is 0 Å². The van der Waals surface area contributed by atoms with Crippen LogP contribution in [0.25, 0.3) is 0 Å². The molecule has 0 bridgehead atoms. The monoisotopic (exact) mass is 120 g/mol. The highest BCUT2D eigenvalue weighted by Gasteiger charge is 2.08. The molecule has 2 aliphatic rings. The first-order valence-corrected chi connectivity index (χ1v) is 3.11. The first-order chi connectivity index (χ1) is 4.47. The summed E-state index contributed by atoms with van der Waals surface area (Å²) in [6.07, 6.45) is 7.07. The van der Waals surface area contributed by atoms with Gasteiger partial charge in [0, 0.05) is 6.54 Å². The Balaban J connectivity index is 2.35. The van der Waals surface area contributed by atoms with E-state index in [0.29, 0.717) is 0 Å². The van der Waals surface area contributed by atoms with Crippen molar-refractivity contribution in [3.8, 4) is 0 Å². The minimum absolute atomic E-state index is 0.978. The molecule has 46 valence electrons. The van der Waals surface area contributed by atoms with Gasteiger partial charge in [0.2, 0.25) is 0 Å². The molecule has 1 aliphatic carbocycles. The van der Waals surface area contributed by atoms with Crippen molar-refractivity contribution in [3.63, 3.8) is 0 Å². The van der Waals surface area contributed by atoms with Crippen LogP contribution in [0.3, 0.4) is 0 Å². The number of hydrogen-bond acceptors (Lipinski definition) is 2. The summed E-state index contributed by atoms with van der Waals surface area (Å²) in [4.78, 5) is 4.15. The van der Waals surface area contributed by atoms with Crippen LogP contribution in [0.15, 0.2) is 28.4 Å². The maximum absolute atomic E-state index is 4.15. The highest BCUT2D eigenvalue weighted by Crippen LogP contribution is 2.19. The molecule has 2 rings (SSSR count). The molecule has 0 aromatic heterocycles. The highest BCUT2D eigenvalue weighted by molar-refractivity contribution is 5.61. The molecule has 2 nitrogen and oxygen atoms in total. The zero-order valence-electron chi connectivity index (χ0n) is 5.09. The molecule has 0 aromatic rings. The van der Waals surface area contributed by atoms with Gasteiger partial charge in [-0.05, 0) is 18.1 Å². The maximum atomic E-state index is 4.15. The van der Waals surface area contributed by atoms with E-state index in [1.54, 1.807) is 6.34 Å². The molecule has 9 heavy (non-hydrogen) atoms. The lowest BCUT2D eigenvalue weighted by Gasteiger charge is -2.07. The molecule has 1 heterocycles. The Hall–Kier alpha value is -1.05. The van der Waals surface area contributed by atoms with Crippen LogP contribution in [-0.2, 0) is 0 Å². The Morgan fingerprint density at radius 1 is 1.56 bits per heavy atom. The second-order valence-corrected chi connectivity index (χ2v) is 2.23. The standard InChI is InChI=1S/C7H8N2/c1-2-6-4-8-5-9-7(6)3-1/h1,3,5H,2,4H2,(H,8,9). The number of allylic oxidation sites excluding steroid dienone is 2. The van der Waals surface area contributed by atoms with Crippen molar-refractivity contribution < 1.29 is 0 Å². The Labute approximate surface area is 54.0 Å². The molecule has 2 heteroatoms. The molecule has 0 saturated carbocycles. The summed E-state index contributed by atoms with van der Waals surface area (Å²) in [6, 6.07) is 0. The number of rotatable bonds is 0. The number of nitrogens with zero attached hydrogens (tertiary/aromatic N) is 1. The lowest BCUT2D eigenvalue weighted by Crippen LogP contribution is -2.18. The highest BCUT2D eigenvalue weighted by atomic mass is 15.0. The maximum Gasteiger partial charge on any atom is 0.0888 e. The zero-order valence-corrected chi connectivity index (χ0v) is 5.09. The first-order valence-electron chi connectivity index (χ1n) is 3.11. The molecule has 0 amide bonds. The van der Waals surface area contributed by atoms with Crippen LogP contribution in [0, 0.1) is 0 Å². The van der Waals surface area contributed by atoms with Crippen molar-refractivity contribution in [1.82, 2.24) is 5.32 Å².